The van der Waals surface area contributed by atoms with Crippen LogP contribution in [0.2, 0.25) is 0 Å². The summed E-state index contributed by atoms with van der Waals surface area (Å²) in [6, 6.07) is 36.2. The zero-order chi connectivity index (χ0) is 22.9. The van der Waals surface area contributed by atoms with Crippen LogP contribution >= 0.6 is 0 Å². The van der Waals surface area contributed by atoms with Crippen molar-refractivity contribution < 1.29 is 9.57 Å². The largest absolute Gasteiger partial charge is 0.270 e. The monoisotopic (exact) mass is 436 g/mol. The zero-order valence-corrected chi connectivity index (χ0v) is 19.8. The molecule has 1 unspecified atom stereocenters. The fraction of sp³-hybridized carbons (Fsp3) is 0.258. The van der Waals surface area contributed by atoms with Gasteiger partial charge in [0.25, 0.3) is 11.4 Å². The Balaban J connectivity index is 1.86. The van der Waals surface area contributed by atoms with Crippen LogP contribution in [0.1, 0.15) is 39.5 Å². The first-order chi connectivity index (χ1) is 16.3. The van der Waals surface area contributed by atoms with E-state index in [0.717, 1.165) is 28.9 Å². The van der Waals surface area contributed by atoms with Crippen LogP contribution in [0, 0.1) is 5.92 Å². The predicted octanol–water partition coefficient (Wildman–Crippen LogP) is 7.62. The van der Waals surface area contributed by atoms with Crippen LogP contribution in [0.25, 0.3) is 33.6 Å². The SMILES string of the molecule is CCCCC(CC)CO[n+]1c(-c2ccccc2)cc(-c2ccccc2)cc1-c1ccccc1. The van der Waals surface area contributed by atoms with E-state index in [4.69, 9.17) is 4.84 Å². The molecule has 0 saturated heterocycles. The Labute approximate surface area is 198 Å². The number of unbranched alkanes of at least 4 members (excludes halogenated alkanes) is 1. The highest BCUT2D eigenvalue weighted by molar-refractivity contribution is 5.73. The first-order valence-electron chi connectivity index (χ1n) is 12.2. The van der Waals surface area contributed by atoms with Gasteiger partial charge in [0, 0.05) is 16.9 Å². The number of rotatable bonds is 10. The highest BCUT2D eigenvalue weighted by atomic mass is 16.7. The zero-order valence-electron chi connectivity index (χ0n) is 19.8. The molecule has 168 valence electrons. The molecule has 0 aliphatic carbocycles. The topological polar surface area (TPSA) is 13.1 Å². The molecular weight excluding hydrogens is 402 g/mol. The van der Waals surface area contributed by atoms with E-state index in [-0.39, 0.29) is 0 Å². The van der Waals surface area contributed by atoms with E-state index in [1.165, 1.54) is 30.4 Å². The minimum atomic E-state index is 0.554. The second kappa shape index (κ2) is 11.5. The number of pyridine rings is 1. The molecule has 2 nitrogen and oxygen atoms in total. The highest BCUT2D eigenvalue weighted by Crippen LogP contribution is 2.29. The van der Waals surface area contributed by atoms with E-state index in [0.29, 0.717) is 12.5 Å². The van der Waals surface area contributed by atoms with Crippen molar-refractivity contribution >= 4 is 0 Å². The minimum absolute atomic E-state index is 0.554. The molecule has 0 fully saturated rings. The van der Waals surface area contributed by atoms with Crippen molar-refractivity contribution in [3.05, 3.63) is 103 Å². The van der Waals surface area contributed by atoms with E-state index in [9.17, 15) is 0 Å². The molecule has 1 atom stereocenters. The molecule has 33 heavy (non-hydrogen) atoms. The Hall–Kier alpha value is -3.39. The Morgan fingerprint density at radius 3 is 1.58 bits per heavy atom. The summed E-state index contributed by atoms with van der Waals surface area (Å²) in [7, 11) is 0. The molecule has 0 radical (unpaired) electrons. The molecule has 0 N–H and O–H groups in total. The lowest BCUT2D eigenvalue weighted by Crippen LogP contribution is -2.48. The number of hydrogen-bond donors (Lipinski definition) is 0. The van der Waals surface area contributed by atoms with Crippen LogP contribution in [0.15, 0.2) is 103 Å². The van der Waals surface area contributed by atoms with Gasteiger partial charge in [-0.3, -0.25) is 4.84 Å². The highest BCUT2D eigenvalue weighted by Gasteiger charge is 2.26. The first-order valence-corrected chi connectivity index (χ1v) is 12.2. The minimum Gasteiger partial charge on any atom is -0.270 e. The van der Waals surface area contributed by atoms with Crippen molar-refractivity contribution in [1.29, 1.82) is 0 Å². The van der Waals surface area contributed by atoms with Crippen LogP contribution in [0.4, 0.5) is 0 Å². The van der Waals surface area contributed by atoms with E-state index in [1.807, 2.05) is 0 Å². The third-order valence-corrected chi connectivity index (χ3v) is 6.25. The summed E-state index contributed by atoms with van der Waals surface area (Å²) in [6.45, 7) is 5.24. The molecule has 1 aromatic heterocycles. The van der Waals surface area contributed by atoms with Crippen molar-refractivity contribution in [1.82, 2.24) is 0 Å². The summed E-state index contributed by atoms with van der Waals surface area (Å²) in [4.78, 5) is 6.63. The van der Waals surface area contributed by atoms with Gasteiger partial charge in [0.15, 0.2) is 6.61 Å². The molecule has 0 spiro atoms. The lowest BCUT2D eigenvalue weighted by molar-refractivity contribution is -0.875. The molecule has 0 amide bonds. The van der Waals surface area contributed by atoms with Gasteiger partial charge in [-0.05, 0) is 54.2 Å². The third kappa shape index (κ3) is 5.70. The van der Waals surface area contributed by atoms with Crippen LogP contribution in [0.5, 0.6) is 0 Å². The average Bonchev–Trinajstić information content (AvgIpc) is 2.90. The van der Waals surface area contributed by atoms with Crippen molar-refractivity contribution in [3.8, 4) is 33.6 Å². The summed E-state index contributed by atoms with van der Waals surface area (Å²) in [5, 5.41) is 0. The standard InChI is InChI=1S/C31H34NO/c1-3-5-15-25(4-2)24-33-32-30(27-18-11-7-12-19-27)22-29(26-16-9-6-10-17-26)23-31(32)28-20-13-8-14-21-28/h6-14,16-23,25H,3-5,15,24H2,1-2H3/q+1. The summed E-state index contributed by atoms with van der Waals surface area (Å²) < 4.78 is 2.06. The molecular formula is C31H34NO+. The molecule has 1 heterocycles. The summed E-state index contributed by atoms with van der Waals surface area (Å²) in [6.07, 6.45) is 4.80. The van der Waals surface area contributed by atoms with Gasteiger partial charge in [0.2, 0.25) is 0 Å². The van der Waals surface area contributed by atoms with E-state index in [1.54, 1.807) is 0 Å². The Morgan fingerprint density at radius 1 is 0.636 bits per heavy atom. The van der Waals surface area contributed by atoms with Crippen LogP contribution < -0.4 is 9.57 Å². The summed E-state index contributed by atoms with van der Waals surface area (Å²) >= 11 is 0. The van der Waals surface area contributed by atoms with Crippen molar-refractivity contribution in [3.63, 3.8) is 0 Å². The molecule has 4 rings (SSSR count). The third-order valence-electron chi connectivity index (χ3n) is 6.25. The first kappa shape index (κ1) is 22.8. The van der Waals surface area contributed by atoms with Crippen LogP contribution in [-0.4, -0.2) is 6.61 Å². The normalized spacial score (nSPS) is 11.8. The van der Waals surface area contributed by atoms with Gasteiger partial charge in [-0.25, -0.2) is 0 Å². The maximum atomic E-state index is 6.63. The van der Waals surface area contributed by atoms with E-state index >= 15 is 0 Å². The number of nitrogens with zero attached hydrogens (tertiary/aromatic N) is 1. The summed E-state index contributed by atoms with van der Waals surface area (Å²) in [5.41, 5.74) is 6.82. The van der Waals surface area contributed by atoms with Gasteiger partial charge in [-0.1, -0.05) is 93.4 Å². The summed E-state index contributed by atoms with van der Waals surface area (Å²) in [5.74, 6) is 0.554. The van der Waals surface area contributed by atoms with Crippen LogP contribution in [-0.2, 0) is 0 Å². The lowest BCUT2D eigenvalue weighted by atomic mass is 9.99. The Bertz CT molecular complexity index is 1060. The predicted molar refractivity (Wildman–Crippen MR) is 138 cm³/mol. The quantitative estimate of drug-likeness (QED) is 0.233. The van der Waals surface area contributed by atoms with E-state index in [2.05, 4.69) is 122 Å². The number of aromatic nitrogens is 1. The van der Waals surface area contributed by atoms with Crippen molar-refractivity contribution in [2.45, 2.75) is 39.5 Å². The number of benzene rings is 3. The molecule has 0 aliphatic rings. The molecule has 4 aromatic rings. The Kier molecular flexibility index (Phi) is 7.92. The average molecular weight is 437 g/mol. The van der Waals surface area contributed by atoms with Crippen molar-refractivity contribution in [2.24, 2.45) is 5.92 Å². The maximum absolute atomic E-state index is 6.63. The fourth-order valence-electron chi connectivity index (χ4n) is 4.22. The molecule has 3 aromatic carbocycles. The van der Waals surface area contributed by atoms with E-state index < -0.39 is 0 Å². The molecule has 0 saturated carbocycles. The second-order valence-electron chi connectivity index (χ2n) is 8.62. The van der Waals surface area contributed by atoms with Gasteiger partial charge in [-0.15, -0.1) is 0 Å². The van der Waals surface area contributed by atoms with Gasteiger partial charge in [-0.2, -0.15) is 0 Å². The van der Waals surface area contributed by atoms with Crippen LogP contribution in [0.3, 0.4) is 0 Å². The maximum Gasteiger partial charge on any atom is 0.266 e. The molecule has 0 aliphatic heterocycles. The van der Waals surface area contributed by atoms with Gasteiger partial charge >= 0.3 is 0 Å². The Morgan fingerprint density at radius 2 is 1.12 bits per heavy atom. The van der Waals surface area contributed by atoms with Gasteiger partial charge < -0.3 is 0 Å². The van der Waals surface area contributed by atoms with Gasteiger partial charge in [0.1, 0.15) is 0 Å². The smallest absolute Gasteiger partial charge is 0.266 e. The molecule has 2 heteroatoms. The van der Waals surface area contributed by atoms with Gasteiger partial charge in [0.05, 0.1) is 11.1 Å². The fourth-order valence-corrected chi connectivity index (χ4v) is 4.22. The second-order valence-corrected chi connectivity index (χ2v) is 8.62. The van der Waals surface area contributed by atoms with Crippen molar-refractivity contribution in [2.75, 3.05) is 6.61 Å². The number of hydrogen-bond acceptors (Lipinski definition) is 1. The lowest BCUT2D eigenvalue weighted by Gasteiger charge is -2.15. The molecule has 0 bridgehead atoms.